The second-order valence-electron chi connectivity index (χ2n) is 4.81. The number of nitrogens with zero attached hydrogens (tertiary/aromatic N) is 2. The maximum atomic E-state index is 7.45. The minimum atomic E-state index is 0.00485. The highest BCUT2D eigenvalue weighted by Gasteiger charge is 2.07. The van der Waals surface area contributed by atoms with Gasteiger partial charge in [0.25, 0.3) is 0 Å². The Morgan fingerprint density at radius 3 is 2.55 bits per heavy atom. The van der Waals surface area contributed by atoms with Gasteiger partial charge in [0.1, 0.15) is 11.5 Å². The summed E-state index contributed by atoms with van der Waals surface area (Å²) in [5.41, 5.74) is 9.57. The van der Waals surface area contributed by atoms with Gasteiger partial charge in [-0.15, -0.1) is 0 Å². The molecule has 0 fully saturated rings. The van der Waals surface area contributed by atoms with Crippen molar-refractivity contribution in [2.24, 2.45) is 5.73 Å². The van der Waals surface area contributed by atoms with Crippen molar-refractivity contribution in [2.75, 3.05) is 11.4 Å². The minimum Gasteiger partial charge on any atom is -0.382 e. The molecule has 20 heavy (non-hydrogen) atoms. The molecule has 0 aliphatic rings. The molecule has 0 radical (unpaired) electrons. The summed E-state index contributed by atoms with van der Waals surface area (Å²) >= 11 is 0. The summed E-state index contributed by atoms with van der Waals surface area (Å²) in [5.74, 6) is 0.00485. The summed E-state index contributed by atoms with van der Waals surface area (Å²) in [6.07, 6.45) is 1.70. The van der Waals surface area contributed by atoms with Crippen molar-refractivity contribution >= 4 is 11.5 Å². The molecule has 0 aliphatic heterocycles. The monoisotopic (exact) mass is 268 g/mol. The van der Waals surface area contributed by atoms with Crippen LogP contribution in [0.15, 0.2) is 42.6 Å². The molecule has 2 aromatic rings. The molecule has 4 heteroatoms. The van der Waals surface area contributed by atoms with Crippen LogP contribution in [-0.2, 0) is 6.54 Å². The number of aromatic nitrogens is 1. The molecule has 0 spiro atoms. The first-order chi connectivity index (χ1) is 9.60. The number of nitrogen functional groups attached to an aromatic ring is 1. The summed E-state index contributed by atoms with van der Waals surface area (Å²) in [6, 6.07) is 12.3. The maximum Gasteiger partial charge on any atom is 0.141 e. The van der Waals surface area contributed by atoms with E-state index in [-0.39, 0.29) is 5.84 Å². The SMILES string of the molecule is CCN(Cc1ccnc(C(=N)N)c1)c1ccc(C)cc1. The quantitative estimate of drug-likeness (QED) is 0.647. The summed E-state index contributed by atoms with van der Waals surface area (Å²) in [6.45, 7) is 5.91. The van der Waals surface area contributed by atoms with Gasteiger partial charge in [-0.1, -0.05) is 17.7 Å². The number of amidine groups is 1. The van der Waals surface area contributed by atoms with Crippen molar-refractivity contribution in [1.82, 2.24) is 4.98 Å². The van der Waals surface area contributed by atoms with E-state index in [0.29, 0.717) is 5.69 Å². The number of nitrogens with one attached hydrogen (secondary N) is 1. The Bertz CT molecular complexity index is 590. The van der Waals surface area contributed by atoms with Crippen molar-refractivity contribution in [2.45, 2.75) is 20.4 Å². The number of hydrogen-bond acceptors (Lipinski definition) is 3. The van der Waals surface area contributed by atoms with Gasteiger partial charge in [-0.25, -0.2) is 0 Å². The predicted molar refractivity (Wildman–Crippen MR) is 83.2 cm³/mol. The lowest BCUT2D eigenvalue weighted by molar-refractivity contribution is 0.829. The lowest BCUT2D eigenvalue weighted by atomic mass is 10.1. The zero-order valence-electron chi connectivity index (χ0n) is 11.9. The number of rotatable bonds is 5. The number of pyridine rings is 1. The number of anilines is 1. The predicted octanol–water partition coefficient (Wildman–Crippen LogP) is 2.70. The summed E-state index contributed by atoms with van der Waals surface area (Å²) in [5, 5.41) is 7.45. The fourth-order valence-corrected chi connectivity index (χ4v) is 2.08. The molecule has 1 aromatic heterocycles. The van der Waals surface area contributed by atoms with Gasteiger partial charge >= 0.3 is 0 Å². The van der Waals surface area contributed by atoms with Gasteiger partial charge in [0.05, 0.1) is 0 Å². The first kappa shape index (κ1) is 14.1. The van der Waals surface area contributed by atoms with Gasteiger partial charge in [0.2, 0.25) is 0 Å². The van der Waals surface area contributed by atoms with E-state index in [9.17, 15) is 0 Å². The molecule has 0 saturated heterocycles. The summed E-state index contributed by atoms with van der Waals surface area (Å²) in [7, 11) is 0. The lowest BCUT2D eigenvalue weighted by Gasteiger charge is -2.23. The van der Waals surface area contributed by atoms with Crippen LogP contribution in [-0.4, -0.2) is 17.4 Å². The third-order valence-corrected chi connectivity index (χ3v) is 3.25. The van der Waals surface area contributed by atoms with Crippen LogP contribution in [0.5, 0.6) is 0 Å². The smallest absolute Gasteiger partial charge is 0.141 e. The molecular weight excluding hydrogens is 248 g/mol. The third-order valence-electron chi connectivity index (χ3n) is 3.25. The van der Waals surface area contributed by atoms with Gasteiger partial charge in [-0.3, -0.25) is 10.4 Å². The summed E-state index contributed by atoms with van der Waals surface area (Å²) < 4.78 is 0. The average Bonchev–Trinajstić information content (AvgIpc) is 2.46. The maximum absolute atomic E-state index is 7.45. The minimum absolute atomic E-state index is 0.00485. The van der Waals surface area contributed by atoms with E-state index in [1.807, 2.05) is 12.1 Å². The molecular formula is C16H20N4. The Morgan fingerprint density at radius 1 is 1.25 bits per heavy atom. The normalized spacial score (nSPS) is 10.3. The number of nitrogens with two attached hydrogens (primary N) is 1. The van der Waals surface area contributed by atoms with Crippen LogP contribution in [0, 0.1) is 12.3 Å². The van der Waals surface area contributed by atoms with Crippen LogP contribution >= 0.6 is 0 Å². The zero-order valence-corrected chi connectivity index (χ0v) is 11.9. The van der Waals surface area contributed by atoms with Gasteiger partial charge in [0.15, 0.2) is 0 Å². The van der Waals surface area contributed by atoms with Crippen molar-refractivity contribution in [3.63, 3.8) is 0 Å². The van der Waals surface area contributed by atoms with E-state index in [4.69, 9.17) is 11.1 Å². The molecule has 1 aromatic carbocycles. The highest BCUT2D eigenvalue weighted by atomic mass is 15.1. The molecule has 0 unspecified atom stereocenters. The molecule has 0 aliphatic carbocycles. The molecule has 4 nitrogen and oxygen atoms in total. The Balaban J connectivity index is 2.19. The molecule has 104 valence electrons. The van der Waals surface area contributed by atoms with Crippen LogP contribution in [0.1, 0.15) is 23.7 Å². The lowest BCUT2D eigenvalue weighted by Crippen LogP contribution is -2.22. The first-order valence-electron chi connectivity index (χ1n) is 6.71. The Labute approximate surface area is 119 Å². The van der Waals surface area contributed by atoms with Gasteiger partial charge in [-0.2, -0.15) is 0 Å². The Morgan fingerprint density at radius 2 is 1.95 bits per heavy atom. The highest BCUT2D eigenvalue weighted by Crippen LogP contribution is 2.17. The van der Waals surface area contributed by atoms with E-state index in [1.54, 1.807) is 6.20 Å². The second kappa shape index (κ2) is 6.19. The van der Waals surface area contributed by atoms with E-state index >= 15 is 0 Å². The highest BCUT2D eigenvalue weighted by molar-refractivity contribution is 5.93. The van der Waals surface area contributed by atoms with E-state index in [1.165, 1.54) is 11.3 Å². The standard InChI is InChI=1S/C16H20N4/c1-3-20(14-6-4-12(2)5-7-14)11-13-8-9-19-15(10-13)16(17)18/h4-10H,3,11H2,1-2H3,(H3,17,18). The van der Waals surface area contributed by atoms with E-state index in [0.717, 1.165) is 18.7 Å². The molecule has 2 rings (SSSR count). The molecule has 0 atom stereocenters. The van der Waals surface area contributed by atoms with Gasteiger partial charge in [-0.05, 0) is 43.7 Å². The fraction of sp³-hybridized carbons (Fsp3) is 0.250. The van der Waals surface area contributed by atoms with Gasteiger partial charge < -0.3 is 10.6 Å². The summed E-state index contributed by atoms with van der Waals surface area (Å²) in [4.78, 5) is 6.36. The van der Waals surface area contributed by atoms with Crippen LogP contribution in [0.2, 0.25) is 0 Å². The van der Waals surface area contributed by atoms with Crippen LogP contribution in [0.4, 0.5) is 5.69 Å². The fourth-order valence-electron chi connectivity index (χ4n) is 2.08. The number of aryl methyl sites for hydroxylation is 1. The van der Waals surface area contributed by atoms with Crippen molar-refractivity contribution < 1.29 is 0 Å². The van der Waals surface area contributed by atoms with E-state index in [2.05, 4.69) is 48.0 Å². The van der Waals surface area contributed by atoms with Crippen molar-refractivity contribution in [3.05, 3.63) is 59.4 Å². The number of benzene rings is 1. The van der Waals surface area contributed by atoms with Crippen LogP contribution in [0.25, 0.3) is 0 Å². The average molecular weight is 268 g/mol. The van der Waals surface area contributed by atoms with Gasteiger partial charge in [0, 0.05) is 25.0 Å². The van der Waals surface area contributed by atoms with Crippen molar-refractivity contribution in [1.29, 1.82) is 5.41 Å². The number of hydrogen-bond donors (Lipinski definition) is 2. The largest absolute Gasteiger partial charge is 0.382 e. The molecule has 0 saturated carbocycles. The Kier molecular flexibility index (Phi) is 4.35. The molecule has 0 amide bonds. The molecule has 0 bridgehead atoms. The molecule has 1 heterocycles. The topological polar surface area (TPSA) is 66.0 Å². The van der Waals surface area contributed by atoms with E-state index < -0.39 is 0 Å². The zero-order chi connectivity index (χ0) is 14.5. The Hall–Kier alpha value is -2.36. The van der Waals surface area contributed by atoms with Crippen molar-refractivity contribution in [3.8, 4) is 0 Å². The second-order valence-corrected chi connectivity index (χ2v) is 4.81. The van der Waals surface area contributed by atoms with Crippen LogP contribution in [0.3, 0.4) is 0 Å². The third kappa shape index (κ3) is 3.35. The molecule has 3 N–H and O–H groups in total. The first-order valence-corrected chi connectivity index (χ1v) is 6.71. The van der Waals surface area contributed by atoms with Crippen LogP contribution < -0.4 is 10.6 Å².